The highest BCUT2D eigenvalue weighted by Crippen LogP contribution is 2.25. The first-order valence-electron chi connectivity index (χ1n) is 5.58. The van der Waals surface area contributed by atoms with Crippen LogP contribution in [0.25, 0.3) is 0 Å². The van der Waals surface area contributed by atoms with Crippen molar-refractivity contribution in [2.75, 3.05) is 11.9 Å². The molecular weight excluding hydrogens is 332 g/mol. The molecule has 2 rings (SSSR count). The predicted octanol–water partition coefficient (Wildman–Crippen LogP) is 2.51. The van der Waals surface area contributed by atoms with Crippen molar-refractivity contribution in [3.8, 4) is 0 Å². The van der Waals surface area contributed by atoms with Gasteiger partial charge in [-0.25, -0.2) is 4.98 Å². The second-order valence-corrected chi connectivity index (χ2v) is 5.13. The fourth-order valence-electron chi connectivity index (χ4n) is 1.52. The molecule has 7 heteroatoms. The zero-order chi connectivity index (χ0) is 13.8. The third kappa shape index (κ3) is 3.56. The fourth-order valence-corrected chi connectivity index (χ4v) is 1.94. The standard InChI is InChI=1S/C12H12BrClN4O/c13-9-2-1-8(5-10(9)14)17-12(19)11-6-18(4-3-15)7-16-11/h1-2,5-7H,3-4,15H2,(H,17,19). The van der Waals surface area contributed by atoms with Crippen LogP contribution in [0.2, 0.25) is 5.02 Å². The molecule has 0 saturated heterocycles. The zero-order valence-corrected chi connectivity index (χ0v) is 12.3. The summed E-state index contributed by atoms with van der Waals surface area (Å²) in [6.45, 7) is 1.13. The Hall–Kier alpha value is -1.37. The quantitative estimate of drug-likeness (QED) is 0.896. The normalized spacial score (nSPS) is 10.5. The largest absolute Gasteiger partial charge is 0.335 e. The maximum atomic E-state index is 12.0. The van der Waals surface area contributed by atoms with Gasteiger partial charge in [0.2, 0.25) is 0 Å². The van der Waals surface area contributed by atoms with Crippen LogP contribution in [0.3, 0.4) is 0 Å². The summed E-state index contributed by atoms with van der Waals surface area (Å²) in [6.07, 6.45) is 3.24. The number of hydrogen-bond acceptors (Lipinski definition) is 3. The van der Waals surface area contributed by atoms with E-state index in [1.165, 1.54) is 0 Å². The number of aromatic nitrogens is 2. The van der Waals surface area contributed by atoms with Gasteiger partial charge in [-0.2, -0.15) is 0 Å². The predicted molar refractivity (Wildman–Crippen MR) is 78.4 cm³/mol. The van der Waals surface area contributed by atoms with E-state index >= 15 is 0 Å². The molecule has 1 heterocycles. The Morgan fingerprint density at radius 2 is 2.32 bits per heavy atom. The third-order valence-electron chi connectivity index (χ3n) is 2.43. The molecule has 19 heavy (non-hydrogen) atoms. The maximum Gasteiger partial charge on any atom is 0.275 e. The van der Waals surface area contributed by atoms with Gasteiger partial charge in [0.25, 0.3) is 5.91 Å². The zero-order valence-electron chi connectivity index (χ0n) is 9.94. The number of benzene rings is 1. The van der Waals surface area contributed by atoms with Gasteiger partial charge in [0.05, 0.1) is 11.3 Å². The molecule has 1 aromatic carbocycles. The third-order valence-corrected chi connectivity index (χ3v) is 3.66. The Morgan fingerprint density at radius 1 is 1.53 bits per heavy atom. The lowest BCUT2D eigenvalue weighted by Crippen LogP contribution is -2.12. The van der Waals surface area contributed by atoms with Crippen molar-refractivity contribution in [2.45, 2.75) is 6.54 Å². The molecule has 0 aliphatic carbocycles. The van der Waals surface area contributed by atoms with Crippen LogP contribution in [-0.2, 0) is 6.54 Å². The second kappa shape index (κ2) is 6.18. The minimum absolute atomic E-state index is 0.283. The first-order valence-corrected chi connectivity index (χ1v) is 6.75. The van der Waals surface area contributed by atoms with E-state index < -0.39 is 0 Å². The van der Waals surface area contributed by atoms with E-state index in [1.54, 1.807) is 35.3 Å². The number of anilines is 1. The van der Waals surface area contributed by atoms with E-state index in [0.29, 0.717) is 29.5 Å². The van der Waals surface area contributed by atoms with Gasteiger partial charge >= 0.3 is 0 Å². The number of hydrogen-bond donors (Lipinski definition) is 2. The molecule has 100 valence electrons. The first kappa shape index (κ1) is 14.0. The Bertz CT molecular complexity index is 599. The number of nitrogens with one attached hydrogen (secondary N) is 1. The van der Waals surface area contributed by atoms with Crippen molar-refractivity contribution in [3.63, 3.8) is 0 Å². The Labute approximate surface area is 123 Å². The number of carbonyl (C=O) groups excluding carboxylic acids is 1. The molecule has 2 aromatic rings. The van der Waals surface area contributed by atoms with Crippen LogP contribution in [0.4, 0.5) is 5.69 Å². The number of carbonyl (C=O) groups is 1. The van der Waals surface area contributed by atoms with Gasteiger partial charge in [0.1, 0.15) is 5.69 Å². The summed E-state index contributed by atoms with van der Waals surface area (Å²) in [4.78, 5) is 16.0. The smallest absolute Gasteiger partial charge is 0.275 e. The Balaban J connectivity index is 2.09. The van der Waals surface area contributed by atoms with Gasteiger partial charge in [-0.15, -0.1) is 0 Å². The number of rotatable bonds is 4. The average molecular weight is 344 g/mol. The average Bonchev–Trinajstić information content (AvgIpc) is 2.83. The number of amides is 1. The fraction of sp³-hybridized carbons (Fsp3) is 0.167. The molecule has 0 fully saturated rings. The monoisotopic (exact) mass is 342 g/mol. The number of imidazole rings is 1. The lowest BCUT2D eigenvalue weighted by molar-refractivity contribution is 0.102. The summed E-state index contributed by atoms with van der Waals surface area (Å²) in [6, 6.07) is 5.19. The summed E-state index contributed by atoms with van der Waals surface area (Å²) < 4.78 is 2.54. The molecule has 0 unspecified atom stereocenters. The first-order chi connectivity index (χ1) is 9.10. The van der Waals surface area contributed by atoms with Crippen LogP contribution in [0.15, 0.2) is 35.2 Å². The molecule has 1 amide bonds. The number of halogens is 2. The molecule has 0 spiro atoms. The second-order valence-electron chi connectivity index (χ2n) is 3.87. The lowest BCUT2D eigenvalue weighted by Gasteiger charge is -2.04. The lowest BCUT2D eigenvalue weighted by atomic mass is 10.3. The Kier molecular flexibility index (Phi) is 4.57. The van der Waals surface area contributed by atoms with Gasteiger partial charge in [-0.3, -0.25) is 4.79 Å². The van der Waals surface area contributed by atoms with Gasteiger partial charge in [-0.05, 0) is 34.1 Å². The highest BCUT2D eigenvalue weighted by Gasteiger charge is 2.10. The van der Waals surface area contributed by atoms with Crippen LogP contribution < -0.4 is 11.1 Å². The van der Waals surface area contributed by atoms with Crippen molar-refractivity contribution < 1.29 is 4.79 Å². The molecule has 5 nitrogen and oxygen atoms in total. The molecule has 0 atom stereocenters. The van der Waals surface area contributed by atoms with E-state index in [-0.39, 0.29) is 5.91 Å². The SMILES string of the molecule is NCCn1cnc(C(=O)Nc2ccc(Br)c(Cl)c2)c1. The summed E-state index contributed by atoms with van der Waals surface area (Å²) in [5.41, 5.74) is 6.39. The summed E-state index contributed by atoms with van der Waals surface area (Å²) in [7, 11) is 0. The summed E-state index contributed by atoms with van der Waals surface area (Å²) in [5.74, 6) is -0.283. The minimum Gasteiger partial charge on any atom is -0.335 e. The van der Waals surface area contributed by atoms with Crippen LogP contribution in [-0.4, -0.2) is 22.0 Å². The van der Waals surface area contributed by atoms with E-state index in [9.17, 15) is 4.79 Å². The molecular formula is C12H12BrClN4O. The van der Waals surface area contributed by atoms with Gasteiger partial charge in [0.15, 0.2) is 0 Å². The van der Waals surface area contributed by atoms with E-state index in [2.05, 4.69) is 26.2 Å². The highest BCUT2D eigenvalue weighted by atomic mass is 79.9. The molecule has 0 bridgehead atoms. The van der Waals surface area contributed by atoms with Crippen molar-refractivity contribution in [1.29, 1.82) is 0 Å². The van der Waals surface area contributed by atoms with Crippen molar-refractivity contribution in [1.82, 2.24) is 9.55 Å². The van der Waals surface area contributed by atoms with Crippen molar-refractivity contribution in [3.05, 3.63) is 45.9 Å². The van der Waals surface area contributed by atoms with Gasteiger partial charge < -0.3 is 15.6 Å². The van der Waals surface area contributed by atoms with Crippen LogP contribution in [0.1, 0.15) is 10.5 Å². The maximum absolute atomic E-state index is 12.0. The van der Waals surface area contributed by atoms with E-state index in [0.717, 1.165) is 4.47 Å². The van der Waals surface area contributed by atoms with Gasteiger partial charge in [0, 0.05) is 29.4 Å². The van der Waals surface area contributed by atoms with Gasteiger partial charge in [-0.1, -0.05) is 11.6 Å². The molecule has 0 aliphatic heterocycles. The van der Waals surface area contributed by atoms with Crippen LogP contribution >= 0.6 is 27.5 Å². The topological polar surface area (TPSA) is 72.9 Å². The molecule has 0 saturated carbocycles. The van der Waals surface area contributed by atoms with E-state index in [1.807, 2.05) is 0 Å². The summed E-state index contributed by atoms with van der Waals surface area (Å²) >= 11 is 9.25. The van der Waals surface area contributed by atoms with Crippen LogP contribution in [0.5, 0.6) is 0 Å². The number of nitrogens with zero attached hydrogens (tertiary/aromatic N) is 2. The van der Waals surface area contributed by atoms with Crippen LogP contribution in [0, 0.1) is 0 Å². The molecule has 0 radical (unpaired) electrons. The summed E-state index contributed by atoms with van der Waals surface area (Å²) in [5, 5.41) is 3.26. The highest BCUT2D eigenvalue weighted by molar-refractivity contribution is 9.10. The molecule has 1 aromatic heterocycles. The van der Waals surface area contributed by atoms with Crippen molar-refractivity contribution in [2.24, 2.45) is 5.73 Å². The van der Waals surface area contributed by atoms with E-state index in [4.69, 9.17) is 17.3 Å². The Morgan fingerprint density at radius 3 is 3.00 bits per heavy atom. The molecule has 3 N–H and O–H groups in total. The molecule has 0 aliphatic rings. The van der Waals surface area contributed by atoms with Crippen molar-refractivity contribution >= 4 is 39.1 Å². The minimum atomic E-state index is -0.283. The number of nitrogens with two attached hydrogens (primary N) is 1.